The minimum Gasteiger partial charge on any atom is -0.492 e. The zero-order chi connectivity index (χ0) is 14.5. The lowest BCUT2D eigenvalue weighted by Crippen LogP contribution is -2.31. The fourth-order valence-electron chi connectivity index (χ4n) is 1.59. The third kappa shape index (κ3) is 3.64. The maximum absolute atomic E-state index is 12.0. The molecule has 0 radical (unpaired) electrons. The number of nitrogens with zero attached hydrogens (tertiary/aromatic N) is 2. The SMILES string of the molecule is CN(CCOc1ccc(Cl)cc1)C(=O)c1cc(N)n[nH]1. The highest BCUT2D eigenvalue weighted by molar-refractivity contribution is 6.30. The van der Waals surface area contributed by atoms with Gasteiger partial charge in [0.05, 0.1) is 6.54 Å². The third-order valence-corrected chi connectivity index (χ3v) is 2.94. The topological polar surface area (TPSA) is 84.2 Å². The van der Waals surface area contributed by atoms with E-state index in [1.54, 1.807) is 31.3 Å². The highest BCUT2D eigenvalue weighted by atomic mass is 35.5. The van der Waals surface area contributed by atoms with E-state index >= 15 is 0 Å². The molecular formula is C13H15ClN4O2. The van der Waals surface area contributed by atoms with Gasteiger partial charge < -0.3 is 15.4 Å². The van der Waals surface area contributed by atoms with Gasteiger partial charge in [-0.1, -0.05) is 11.6 Å². The number of aromatic amines is 1. The van der Waals surface area contributed by atoms with Crippen LogP contribution in [0.25, 0.3) is 0 Å². The fraction of sp³-hybridized carbons (Fsp3) is 0.231. The van der Waals surface area contributed by atoms with Crippen molar-refractivity contribution in [3.8, 4) is 5.75 Å². The maximum atomic E-state index is 12.0. The van der Waals surface area contributed by atoms with Crippen LogP contribution in [0.4, 0.5) is 5.82 Å². The van der Waals surface area contributed by atoms with Crippen LogP contribution in [0, 0.1) is 0 Å². The summed E-state index contributed by atoms with van der Waals surface area (Å²) < 4.78 is 5.52. The normalized spacial score (nSPS) is 10.3. The minimum atomic E-state index is -0.186. The number of nitrogen functional groups attached to an aromatic ring is 1. The van der Waals surface area contributed by atoms with Gasteiger partial charge in [-0.05, 0) is 24.3 Å². The molecule has 1 aromatic carbocycles. The Morgan fingerprint density at radius 3 is 2.75 bits per heavy atom. The van der Waals surface area contributed by atoms with Crippen LogP contribution in [-0.2, 0) is 0 Å². The molecule has 7 heteroatoms. The third-order valence-electron chi connectivity index (χ3n) is 2.68. The first kappa shape index (κ1) is 14.2. The number of aromatic nitrogens is 2. The van der Waals surface area contributed by atoms with E-state index in [1.807, 2.05) is 0 Å². The Bertz CT molecular complexity index is 582. The summed E-state index contributed by atoms with van der Waals surface area (Å²) >= 11 is 5.78. The monoisotopic (exact) mass is 294 g/mol. The number of nitrogens with one attached hydrogen (secondary N) is 1. The number of benzene rings is 1. The smallest absolute Gasteiger partial charge is 0.271 e. The van der Waals surface area contributed by atoms with Crippen molar-refractivity contribution in [2.24, 2.45) is 0 Å². The number of ether oxygens (including phenoxy) is 1. The standard InChI is InChI=1S/C13H15ClN4O2/c1-18(13(19)11-8-12(15)17-16-11)6-7-20-10-4-2-9(14)3-5-10/h2-5,8H,6-7H2,1H3,(H3,15,16,17). The van der Waals surface area contributed by atoms with Crippen molar-refractivity contribution < 1.29 is 9.53 Å². The molecular weight excluding hydrogens is 280 g/mol. The van der Waals surface area contributed by atoms with Gasteiger partial charge in [-0.25, -0.2) is 0 Å². The van der Waals surface area contributed by atoms with E-state index in [-0.39, 0.29) is 5.91 Å². The molecule has 20 heavy (non-hydrogen) atoms. The molecule has 6 nitrogen and oxygen atoms in total. The van der Waals surface area contributed by atoms with Crippen LogP contribution in [0.2, 0.25) is 5.02 Å². The van der Waals surface area contributed by atoms with Crippen molar-refractivity contribution in [2.75, 3.05) is 25.9 Å². The number of anilines is 1. The molecule has 0 saturated carbocycles. The second-order valence-corrected chi connectivity index (χ2v) is 4.67. The molecule has 106 valence electrons. The van der Waals surface area contributed by atoms with Crippen LogP contribution in [-0.4, -0.2) is 41.2 Å². The summed E-state index contributed by atoms with van der Waals surface area (Å²) in [6, 6.07) is 8.55. The number of hydrogen-bond acceptors (Lipinski definition) is 4. The lowest BCUT2D eigenvalue weighted by Gasteiger charge is -2.16. The molecule has 0 saturated heterocycles. The highest BCUT2D eigenvalue weighted by Crippen LogP contribution is 2.15. The summed E-state index contributed by atoms with van der Waals surface area (Å²) in [5, 5.41) is 6.95. The Labute approximate surface area is 121 Å². The summed E-state index contributed by atoms with van der Waals surface area (Å²) in [6.07, 6.45) is 0. The van der Waals surface area contributed by atoms with Crippen LogP contribution in [0.5, 0.6) is 5.75 Å². The van der Waals surface area contributed by atoms with Crippen molar-refractivity contribution in [1.82, 2.24) is 15.1 Å². The molecule has 0 spiro atoms. The lowest BCUT2D eigenvalue weighted by atomic mass is 10.3. The second-order valence-electron chi connectivity index (χ2n) is 4.24. The summed E-state index contributed by atoms with van der Waals surface area (Å²) in [7, 11) is 1.69. The Kier molecular flexibility index (Phi) is 4.47. The van der Waals surface area contributed by atoms with Crippen molar-refractivity contribution in [3.05, 3.63) is 41.0 Å². The molecule has 0 aliphatic rings. The van der Waals surface area contributed by atoms with E-state index in [0.29, 0.717) is 35.4 Å². The van der Waals surface area contributed by atoms with Crippen LogP contribution in [0.3, 0.4) is 0 Å². The Balaban J connectivity index is 1.81. The second kappa shape index (κ2) is 6.29. The van der Waals surface area contributed by atoms with Gasteiger partial charge in [0.2, 0.25) is 0 Å². The molecule has 0 bridgehead atoms. The number of H-pyrrole nitrogens is 1. The van der Waals surface area contributed by atoms with Crippen LogP contribution in [0.15, 0.2) is 30.3 Å². The largest absolute Gasteiger partial charge is 0.492 e. The highest BCUT2D eigenvalue weighted by Gasteiger charge is 2.13. The van der Waals surface area contributed by atoms with Gasteiger partial charge in [0.1, 0.15) is 23.9 Å². The Morgan fingerprint density at radius 1 is 1.45 bits per heavy atom. The van der Waals surface area contributed by atoms with Crippen LogP contribution < -0.4 is 10.5 Å². The Morgan fingerprint density at radius 2 is 2.15 bits per heavy atom. The summed E-state index contributed by atoms with van der Waals surface area (Å²) in [4.78, 5) is 13.5. The van der Waals surface area contributed by atoms with Crippen LogP contribution >= 0.6 is 11.6 Å². The van der Waals surface area contributed by atoms with Crippen molar-refractivity contribution >= 4 is 23.3 Å². The number of likely N-dealkylation sites (N-methyl/N-ethyl adjacent to an activating group) is 1. The van der Waals surface area contributed by atoms with E-state index in [1.165, 1.54) is 11.0 Å². The number of carbonyl (C=O) groups is 1. The molecule has 1 aromatic heterocycles. The summed E-state index contributed by atoms with van der Waals surface area (Å²) in [5.41, 5.74) is 5.81. The quantitative estimate of drug-likeness (QED) is 0.880. The Hall–Kier alpha value is -2.21. The zero-order valence-electron chi connectivity index (χ0n) is 11.0. The van der Waals surface area contributed by atoms with Gasteiger partial charge in [-0.3, -0.25) is 9.89 Å². The van der Waals surface area contributed by atoms with E-state index in [9.17, 15) is 4.79 Å². The first-order valence-corrected chi connectivity index (χ1v) is 6.39. The first-order chi connectivity index (χ1) is 9.56. The van der Waals surface area contributed by atoms with Gasteiger partial charge in [0.15, 0.2) is 0 Å². The number of hydrogen-bond donors (Lipinski definition) is 2. The minimum absolute atomic E-state index is 0.186. The number of halogens is 1. The lowest BCUT2D eigenvalue weighted by molar-refractivity contribution is 0.0768. The predicted octanol–water partition coefficient (Wildman–Crippen LogP) is 1.80. The summed E-state index contributed by atoms with van der Waals surface area (Å²) in [6.45, 7) is 0.827. The average molecular weight is 295 g/mol. The first-order valence-electron chi connectivity index (χ1n) is 6.01. The van der Waals surface area contributed by atoms with Gasteiger partial charge in [-0.15, -0.1) is 0 Å². The molecule has 2 aromatic rings. The van der Waals surface area contributed by atoms with Gasteiger partial charge in [-0.2, -0.15) is 5.10 Å². The van der Waals surface area contributed by atoms with E-state index in [0.717, 1.165) is 0 Å². The molecule has 3 N–H and O–H groups in total. The van der Waals surface area contributed by atoms with Gasteiger partial charge >= 0.3 is 0 Å². The fourth-order valence-corrected chi connectivity index (χ4v) is 1.71. The maximum Gasteiger partial charge on any atom is 0.271 e. The summed E-state index contributed by atoms with van der Waals surface area (Å²) in [5.74, 6) is 0.814. The van der Waals surface area contributed by atoms with E-state index in [4.69, 9.17) is 22.1 Å². The number of amides is 1. The van der Waals surface area contributed by atoms with Crippen molar-refractivity contribution in [3.63, 3.8) is 0 Å². The molecule has 2 rings (SSSR count). The predicted molar refractivity (Wildman–Crippen MR) is 76.9 cm³/mol. The zero-order valence-corrected chi connectivity index (χ0v) is 11.7. The number of carbonyl (C=O) groups excluding carboxylic acids is 1. The molecule has 0 aliphatic heterocycles. The number of nitrogens with two attached hydrogens (primary N) is 1. The number of rotatable bonds is 5. The average Bonchev–Trinajstić information content (AvgIpc) is 2.86. The van der Waals surface area contributed by atoms with Gasteiger partial charge in [0, 0.05) is 18.1 Å². The molecule has 1 heterocycles. The molecule has 0 unspecified atom stereocenters. The molecule has 0 aliphatic carbocycles. The van der Waals surface area contributed by atoms with E-state index in [2.05, 4.69) is 10.2 Å². The van der Waals surface area contributed by atoms with E-state index < -0.39 is 0 Å². The van der Waals surface area contributed by atoms with Crippen molar-refractivity contribution in [2.45, 2.75) is 0 Å². The molecule has 0 fully saturated rings. The van der Waals surface area contributed by atoms with Crippen LogP contribution in [0.1, 0.15) is 10.5 Å². The van der Waals surface area contributed by atoms with Gasteiger partial charge in [0.25, 0.3) is 5.91 Å². The molecule has 0 atom stereocenters. The molecule has 1 amide bonds. The van der Waals surface area contributed by atoms with Crippen molar-refractivity contribution in [1.29, 1.82) is 0 Å².